The van der Waals surface area contributed by atoms with Crippen LogP contribution in [0.25, 0.3) is 0 Å². The highest BCUT2D eigenvalue weighted by molar-refractivity contribution is 5.18. The fourth-order valence-corrected chi connectivity index (χ4v) is 1.34. The summed E-state index contributed by atoms with van der Waals surface area (Å²) in [4.78, 5) is 0. The van der Waals surface area contributed by atoms with Crippen molar-refractivity contribution in [2.45, 2.75) is 17.9 Å². The molecule has 1 unspecified atom stereocenters. The third-order valence-electron chi connectivity index (χ3n) is 2.16. The van der Waals surface area contributed by atoms with Gasteiger partial charge in [0.05, 0.1) is 13.2 Å². The molecule has 0 aromatic rings. The molecule has 1 atom stereocenters. The minimum atomic E-state index is -2.52. The molecule has 0 amide bonds. The van der Waals surface area contributed by atoms with Gasteiger partial charge in [-0.05, 0) is 0 Å². The van der Waals surface area contributed by atoms with E-state index in [1.165, 1.54) is 0 Å². The average molecular weight is 149 g/mol. The molecule has 0 radical (unpaired) electrons. The largest absolute Gasteiger partial charge is 0.378 e. The molecule has 2 fully saturated rings. The highest BCUT2D eigenvalue weighted by Crippen LogP contribution is 2.53. The number of halogens is 2. The van der Waals surface area contributed by atoms with Crippen molar-refractivity contribution in [3.63, 3.8) is 0 Å². The minimum absolute atomic E-state index is 0.0556. The van der Waals surface area contributed by atoms with E-state index in [-0.39, 0.29) is 13.0 Å². The Morgan fingerprint density at radius 3 is 2.40 bits per heavy atom. The quantitative estimate of drug-likeness (QED) is 0.537. The monoisotopic (exact) mass is 149 g/mol. The Balaban J connectivity index is 2.05. The van der Waals surface area contributed by atoms with Crippen LogP contribution in [0, 0.1) is 0 Å². The van der Waals surface area contributed by atoms with Crippen LogP contribution in [-0.4, -0.2) is 31.2 Å². The number of ether oxygens (including phenoxy) is 1. The summed E-state index contributed by atoms with van der Waals surface area (Å²) in [6.45, 7) is 1.27. The Bertz CT molecular complexity index is 154. The van der Waals surface area contributed by atoms with Crippen molar-refractivity contribution >= 4 is 0 Å². The zero-order valence-corrected chi connectivity index (χ0v) is 5.49. The SMILES string of the molecule is FC1(F)CC12COCCN2. The molecule has 10 heavy (non-hydrogen) atoms. The van der Waals surface area contributed by atoms with Crippen LogP contribution in [0.1, 0.15) is 6.42 Å². The number of rotatable bonds is 0. The molecule has 1 saturated carbocycles. The Morgan fingerprint density at radius 1 is 1.40 bits per heavy atom. The maximum absolute atomic E-state index is 12.5. The molecular weight excluding hydrogens is 140 g/mol. The molecule has 1 aliphatic carbocycles. The summed E-state index contributed by atoms with van der Waals surface area (Å²) in [5.74, 6) is -2.52. The van der Waals surface area contributed by atoms with Gasteiger partial charge in [-0.1, -0.05) is 0 Å². The van der Waals surface area contributed by atoms with E-state index in [1.54, 1.807) is 0 Å². The van der Waals surface area contributed by atoms with Crippen molar-refractivity contribution in [3.8, 4) is 0 Å². The fraction of sp³-hybridized carbons (Fsp3) is 1.00. The highest BCUT2D eigenvalue weighted by atomic mass is 19.3. The Kier molecular flexibility index (Phi) is 1.09. The predicted molar refractivity (Wildman–Crippen MR) is 31.1 cm³/mol. The summed E-state index contributed by atoms with van der Waals surface area (Å²) in [5.41, 5.74) is -0.981. The van der Waals surface area contributed by atoms with E-state index in [9.17, 15) is 8.78 Å². The van der Waals surface area contributed by atoms with E-state index in [0.717, 1.165) is 0 Å². The first-order valence-electron chi connectivity index (χ1n) is 3.37. The lowest BCUT2D eigenvalue weighted by Gasteiger charge is -2.23. The number of hydrogen-bond acceptors (Lipinski definition) is 2. The van der Waals surface area contributed by atoms with Gasteiger partial charge in [-0.25, -0.2) is 8.78 Å². The molecule has 2 rings (SSSR count). The first-order valence-corrected chi connectivity index (χ1v) is 3.37. The number of alkyl halides is 2. The number of morpholine rings is 1. The van der Waals surface area contributed by atoms with Gasteiger partial charge in [0, 0.05) is 13.0 Å². The van der Waals surface area contributed by atoms with E-state index < -0.39 is 11.5 Å². The zero-order valence-electron chi connectivity index (χ0n) is 5.49. The Hall–Kier alpha value is -0.220. The van der Waals surface area contributed by atoms with Crippen LogP contribution in [-0.2, 0) is 4.74 Å². The fourth-order valence-electron chi connectivity index (χ4n) is 1.34. The second-order valence-electron chi connectivity index (χ2n) is 2.94. The van der Waals surface area contributed by atoms with Crippen LogP contribution in [0.4, 0.5) is 8.78 Å². The second kappa shape index (κ2) is 1.68. The Labute approximate surface area is 57.5 Å². The van der Waals surface area contributed by atoms with Crippen LogP contribution in [0.2, 0.25) is 0 Å². The lowest BCUT2D eigenvalue weighted by molar-refractivity contribution is 0.00293. The van der Waals surface area contributed by atoms with Crippen LogP contribution in [0.3, 0.4) is 0 Å². The lowest BCUT2D eigenvalue weighted by atomic mass is 10.2. The molecule has 1 aliphatic heterocycles. The highest BCUT2D eigenvalue weighted by Gasteiger charge is 2.71. The molecule has 0 aromatic carbocycles. The van der Waals surface area contributed by atoms with E-state index in [2.05, 4.69) is 5.32 Å². The van der Waals surface area contributed by atoms with Crippen LogP contribution >= 0.6 is 0 Å². The smallest absolute Gasteiger partial charge is 0.270 e. The van der Waals surface area contributed by atoms with E-state index >= 15 is 0 Å². The second-order valence-corrected chi connectivity index (χ2v) is 2.94. The standard InChI is InChI=1S/C6H9F2NO/c7-6(8)3-5(6)4-10-2-1-9-5/h9H,1-4H2. The lowest BCUT2D eigenvalue weighted by Crippen LogP contribution is -2.47. The van der Waals surface area contributed by atoms with Gasteiger partial charge < -0.3 is 10.1 Å². The maximum atomic E-state index is 12.5. The van der Waals surface area contributed by atoms with Gasteiger partial charge in [0.25, 0.3) is 5.92 Å². The van der Waals surface area contributed by atoms with Crippen molar-refractivity contribution in [2.24, 2.45) is 0 Å². The topological polar surface area (TPSA) is 21.3 Å². The third-order valence-corrected chi connectivity index (χ3v) is 2.16. The molecular formula is C6H9F2NO. The van der Waals surface area contributed by atoms with Crippen molar-refractivity contribution < 1.29 is 13.5 Å². The van der Waals surface area contributed by atoms with Crippen LogP contribution in [0.15, 0.2) is 0 Å². The number of hydrogen-bond donors (Lipinski definition) is 1. The van der Waals surface area contributed by atoms with Crippen LogP contribution in [0.5, 0.6) is 0 Å². The van der Waals surface area contributed by atoms with Gasteiger partial charge in [-0.15, -0.1) is 0 Å². The summed E-state index contributed by atoms with van der Waals surface area (Å²) in [6.07, 6.45) is -0.0556. The summed E-state index contributed by atoms with van der Waals surface area (Å²) in [6, 6.07) is 0. The molecule has 4 heteroatoms. The summed E-state index contributed by atoms with van der Waals surface area (Å²) in [7, 11) is 0. The minimum Gasteiger partial charge on any atom is -0.378 e. The molecule has 0 bridgehead atoms. The van der Waals surface area contributed by atoms with E-state index in [0.29, 0.717) is 13.2 Å². The van der Waals surface area contributed by atoms with Gasteiger partial charge in [-0.2, -0.15) is 0 Å². The molecule has 1 spiro atoms. The Morgan fingerprint density at radius 2 is 2.10 bits per heavy atom. The molecule has 1 saturated heterocycles. The summed E-state index contributed by atoms with van der Waals surface area (Å²) < 4.78 is 30.0. The molecule has 0 aromatic heterocycles. The van der Waals surface area contributed by atoms with Crippen molar-refractivity contribution in [1.29, 1.82) is 0 Å². The first-order chi connectivity index (χ1) is 4.66. The van der Waals surface area contributed by atoms with Gasteiger partial charge in [0.15, 0.2) is 0 Å². The summed E-state index contributed by atoms with van der Waals surface area (Å²) in [5, 5.41) is 2.78. The van der Waals surface area contributed by atoms with Crippen molar-refractivity contribution in [1.82, 2.24) is 5.32 Å². The first kappa shape index (κ1) is 6.49. The molecule has 58 valence electrons. The molecule has 2 aliphatic rings. The van der Waals surface area contributed by atoms with E-state index in [1.807, 2.05) is 0 Å². The molecule has 1 heterocycles. The predicted octanol–water partition coefficient (Wildman–Crippen LogP) is 0.384. The molecule has 1 N–H and O–H groups in total. The van der Waals surface area contributed by atoms with Crippen molar-refractivity contribution in [2.75, 3.05) is 19.8 Å². The summed E-state index contributed by atoms with van der Waals surface area (Å²) >= 11 is 0. The zero-order chi connectivity index (χ0) is 7.24. The van der Waals surface area contributed by atoms with Crippen molar-refractivity contribution in [3.05, 3.63) is 0 Å². The average Bonchev–Trinajstić information content (AvgIpc) is 2.36. The van der Waals surface area contributed by atoms with Crippen LogP contribution < -0.4 is 5.32 Å². The number of nitrogens with one attached hydrogen (secondary N) is 1. The third kappa shape index (κ3) is 0.689. The van der Waals surface area contributed by atoms with Gasteiger partial charge in [-0.3, -0.25) is 0 Å². The van der Waals surface area contributed by atoms with E-state index in [4.69, 9.17) is 4.74 Å². The maximum Gasteiger partial charge on any atom is 0.270 e. The van der Waals surface area contributed by atoms with Gasteiger partial charge >= 0.3 is 0 Å². The van der Waals surface area contributed by atoms with Gasteiger partial charge in [0.1, 0.15) is 5.54 Å². The normalized spacial score (nSPS) is 43.8. The molecule has 2 nitrogen and oxygen atoms in total. The van der Waals surface area contributed by atoms with Gasteiger partial charge in [0.2, 0.25) is 0 Å².